The lowest BCUT2D eigenvalue weighted by atomic mass is 9.93. The Bertz CT molecular complexity index is 1470. The minimum absolute atomic E-state index is 0.0806. The van der Waals surface area contributed by atoms with Crippen LogP contribution in [-0.4, -0.2) is 59.6 Å². The number of carbonyl (C=O) groups is 2. The summed E-state index contributed by atoms with van der Waals surface area (Å²) in [5.41, 5.74) is 7.58. The van der Waals surface area contributed by atoms with Gasteiger partial charge in [-0.1, -0.05) is 48.6 Å². The highest BCUT2D eigenvalue weighted by Gasteiger charge is 2.24. The zero-order valence-electron chi connectivity index (χ0n) is 21.6. The predicted molar refractivity (Wildman–Crippen MR) is 149 cm³/mol. The largest absolute Gasteiger partial charge is 0.369 e. The summed E-state index contributed by atoms with van der Waals surface area (Å²) >= 11 is 0. The molecule has 2 aliphatic carbocycles. The first-order chi connectivity index (χ1) is 18.5. The van der Waals surface area contributed by atoms with Crippen molar-refractivity contribution in [3.05, 3.63) is 112 Å². The number of nitrogens with one attached hydrogen (secondary N) is 1. The molecule has 1 fully saturated rings. The molecule has 2 heterocycles. The van der Waals surface area contributed by atoms with Crippen LogP contribution in [-0.2, 0) is 17.8 Å². The predicted octanol–water partition coefficient (Wildman–Crippen LogP) is 3.84. The van der Waals surface area contributed by atoms with E-state index >= 15 is 0 Å². The Morgan fingerprint density at radius 1 is 1.03 bits per heavy atom. The number of ketones is 1. The first-order valence-electron chi connectivity index (χ1n) is 13.1. The number of allylic oxidation sites excluding steroid dienone is 4. The molecule has 1 saturated heterocycles. The molecule has 0 atom stereocenters. The van der Waals surface area contributed by atoms with Crippen LogP contribution in [0.25, 0.3) is 6.08 Å². The van der Waals surface area contributed by atoms with E-state index in [0.717, 1.165) is 43.7 Å². The van der Waals surface area contributed by atoms with Gasteiger partial charge in [-0.25, -0.2) is 0 Å². The van der Waals surface area contributed by atoms with Crippen molar-refractivity contribution < 1.29 is 9.59 Å². The summed E-state index contributed by atoms with van der Waals surface area (Å²) in [6.07, 6.45) is 10.1. The summed E-state index contributed by atoms with van der Waals surface area (Å²) in [7, 11) is 2.16. The monoisotopic (exact) mass is 505 g/mol. The van der Waals surface area contributed by atoms with Crippen molar-refractivity contribution in [2.75, 3.05) is 38.1 Å². The van der Waals surface area contributed by atoms with Gasteiger partial charge < -0.3 is 15.1 Å². The molecule has 2 aromatic carbocycles. The normalized spacial score (nSPS) is 17.6. The minimum Gasteiger partial charge on any atom is -0.369 e. The number of nitrogens with zero attached hydrogens (tertiary/aromatic N) is 4. The number of hydrogen-bond acceptors (Lipinski definition) is 5. The molecule has 1 N–H and O–H groups in total. The van der Waals surface area contributed by atoms with Crippen molar-refractivity contribution >= 4 is 23.5 Å². The second-order valence-electron chi connectivity index (χ2n) is 10.2. The third kappa shape index (κ3) is 5.10. The highest BCUT2D eigenvalue weighted by molar-refractivity contribution is 6.04. The average Bonchev–Trinajstić information content (AvgIpc) is 3.57. The molecule has 6 rings (SSSR count). The molecule has 1 aliphatic heterocycles. The van der Waals surface area contributed by atoms with E-state index in [9.17, 15) is 9.59 Å². The number of benzene rings is 2. The Morgan fingerprint density at radius 3 is 2.66 bits per heavy atom. The van der Waals surface area contributed by atoms with E-state index in [-0.39, 0.29) is 18.1 Å². The summed E-state index contributed by atoms with van der Waals surface area (Å²) in [4.78, 5) is 30.6. The standard InChI is InChI=1S/C31H31N5O2/c1-34-11-13-35(14-12-34)28-9-7-23-15-25(16-24(23)17-28)29-18-27(8-10-30(29)37)33-31(38)26-19-32-36(21-26)20-22-5-3-2-4-6-22/h2-9,16-19,21H,10-15,20H2,1H3,(H,33,38). The summed E-state index contributed by atoms with van der Waals surface area (Å²) < 4.78 is 1.75. The van der Waals surface area contributed by atoms with Crippen molar-refractivity contribution in [1.82, 2.24) is 20.0 Å². The zero-order valence-corrected chi connectivity index (χ0v) is 21.6. The molecule has 0 bridgehead atoms. The van der Waals surface area contributed by atoms with Crippen molar-refractivity contribution in [3.63, 3.8) is 0 Å². The van der Waals surface area contributed by atoms with Crippen LogP contribution in [0.2, 0.25) is 0 Å². The molecule has 192 valence electrons. The quantitative estimate of drug-likeness (QED) is 0.551. The van der Waals surface area contributed by atoms with Gasteiger partial charge in [0.1, 0.15) is 0 Å². The fraction of sp³-hybridized carbons (Fsp3) is 0.258. The van der Waals surface area contributed by atoms with Crippen molar-refractivity contribution in [2.24, 2.45) is 0 Å². The zero-order chi connectivity index (χ0) is 26.1. The molecule has 1 amide bonds. The van der Waals surface area contributed by atoms with Crippen molar-refractivity contribution in [3.8, 4) is 0 Å². The number of likely N-dealkylation sites (N-methyl/N-ethyl adjacent to an activating group) is 1. The molecular weight excluding hydrogens is 474 g/mol. The number of amides is 1. The van der Waals surface area contributed by atoms with Crippen LogP contribution >= 0.6 is 0 Å². The van der Waals surface area contributed by atoms with E-state index in [1.165, 1.54) is 16.8 Å². The van der Waals surface area contributed by atoms with Crippen molar-refractivity contribution in [1.29, 1.82) is 0 Å². The molecule has 38 heavy (non-hydrogen) atoms. The highest BCUT2D eigenvalue weighted by Crippen LogP contribution is 2.34. The molecule has 7 nitrogen and oxygen atoms in total. The SMILES string of the molecule is CN1CCN(c2ccc3c(c2)C=C(C2=CC(NC(=O)c4cnn(Cc5ccccc5)c4)=CCC2=O)C3)CC1. The van der Waals surface area contributed by atoms with E-state index in [0.29, 0.717) is 23.4 Å². The maximum absolute atomic E-state index is 12.9. The Labute approximate surface area is 222 Å². The van der Waals surface area contributed by atoms with Crippen LogP contribution in [0.5, 0.6) is 0 Å². The topological polar surface area (TPSA) is 70.5 Å². The van der Waals surface area contributed by atoms with Crippen LogP contribution in [0.15, 0.2) is 89.9 Å². The number of anilines is 1. The number of aromatic nitrogens is 2. The Balaban J connectivity index is 1.14. The third-order valence-electron chi connectivity index (χ3n) is 7.50. The molecule has 0 unspecified atom stereocenters. The molecule has 3 aliphatic rings. The molecule has 3 aromatic rings. The van der Waals surface area contributed by atoms with Gasteiger partial charge in [0, 0.05) is 55.8 Å². The first-order valence-corrected chi connectivity index (χ1v) is 13.1. The Morgan fingerprint density at radius 2 is 1.84 bits per heavy atom. The van der Waals surface area contributed by atoms with Gasteiger partial charge in [-0.05, 0) is 53.9 Å². The lowest BCUT2D eigenvalue weighted by molar-refractivity contribution is -0.114. The lowest BCUT2D eigenvalue weighted by Crippen LogP contribution is -2.44. The molecule has 7 heteroatoms. The summed E-state index contributed by atoms with van der Waals surface area (Å²) in [5.74, 6) is -0.155. The van der Waals surface area contributed by atoms with Gasteiger partial charge in [0.25, 0.3) is 5.91 Å². The molecule has 0 radical (unpaired) electrons. The molecular formula is C31H31N5O2. The molecule has 1 aromatic heterocycles. The van der Waals surface area contributed by atoms with Crippen LogP contribution in [0.1, 0.15) is 33.5 Å². The highest BCUT2D eigenvalue weighted by atomic mass is 16.1. The van der Waals surface area contributed by atoms with Crippen LogP contribution in [0.4, 0.5) is 5.69 Å². The van der Waals surface area contributed by atoms with E-state index < -0.39 is 0 Å². The fourth-order valence-corrected chi connectivity index (χ4v) is 5.26. The van der Waals surface area contributed by atoms with Gasteiger partial charge >= 0.3 is 0 Å². The van der Waals surface area contributed by atoms with E-state index in [4.69, 9.17) is 0 Å². The number of hydrogen-bond donors (Lipinski definition) is 1. The summed E-state index contributed by atoms with van der Waals surface area (Å²) in [6, 6.07) is 16.6. The number of fused-ring (bicyclic) bond motifs is 1. The average molecular weight is 506 g/mol. The smallest absolute Gasteiger partial charge is 0.258 e. The third-order valence-corrected chi connectivity index (χ3v) is 7.50. The number of carbonyl (C=O) groups excluding carboxylic acids is 2. The maximum Gasteiger partial charge on any atom is 0.258 e. The Kier molecular flexibility index (Phi) is 6.52. The van der Waals surface area contributed by atoms with Crippen LogP contribution in [0, 0.1) is 0 Å². The van der Waals surface area contributed by atoms with E-state index in [2.05, 4.69) is 51.5 Å². The second kappa shape index (κ2) is 10.3. The summed E-state index contributed by atoms with van der Waals surface area (Å²) in [5, 5.41) is 7.30. The molecule has 0 spiro atoms. The van der Waals surface area contributed by atoms with Gasteiger partial charge in [0.2, 0.25) is 0 Å². The lowest BCUT2D eigenvalue weighted by Gasteiger charge is -2.34. The van der Waals surface area contributed by atoms with Gasteiger partial charge in [0.15, 0.2) is 5.78 Å². The molecule has 0 saturated carbocycles. The second-order valence-corrected chi connectivity index (χ2v) is 10.2. The number of Topliss-reactive ketones (excluding diaryl/α,β-unsaturated/α-hetero) is 1. The van der Waals surface area contributed by atoms with Crippen LogP contribution < -0.4 is 10.2 Å². The van der Waals surface area contributed by atoms with Gasteiger partial charge in [-0.3, -0.25) is 14.3 Å². The van der Waals surface area contributed by atoms with Crippen molar-refractivity contribution in [2.45, 2.75) is 19.4 Å². The number of rotatable bonds is 6. The summed E-state index contributed by atoms with van der Waals surface area (Å²) in [6.45, 7) is 4.77. The van der Waals surface area contributed by atoms with Gasteiger partial charge in [0.05, 0.1) is 18.3 Å². The van der Waals surface area contributed by atoms with E-state index in [1.54, 1.807) is 23.2 Å². The minimum atomic E-state index is -0.235. The van der Waals surface area contributed by atoms with Crippen LogP contribution in [0.3, 0.4) is 0 Å². The van der Waals surface area contributed by atoms with E-state index in [1.807, 2.05) is 36.4 Å². The van der Waals surface area contributed by atoms with Gasteiger partial charge in [-0.2, -0.15) is 5.10 Å². The fourth-order valence-electron chi connectivity index (χ4n) is 5.26. The van der Waals surface area contributed by atoms with Gasteiger partial charge in [-0.15, -0.1) is 0 Å². The first kappa shape index (κ1) is 24.1. The Hall–Kier alpha value is -4.23. The number of piperazine rings is 1. The maximum atomic E-state index is 12.9.